The molecule has 5 heteroatoms. The van der Waals surface area contributed by atoms with Crippen LogP contribution in [0, 0.1) is 0 Å². The number of halogens is 1. The maximum atomic E-state index is 6.13. The molecule has 2 aromatic carbocycles. The smallest absolute Gasteiger partial charge is 0.119 e. The Morgan fingerprint density at radius 2 is 2.05 bits per heavy atom. The van der Waals surface area contributed by atoms with Gasteiger partial charge in [-0.1, -0.05) is 42.0 Å². The molecule has 3 nitrogen and oxygen atoms in total. The van der Waals surface area contributed by atoms with E-state index in [2.05, 4.69) is 5.32 Å². The van der Waals surface area contributed by atoms with Crippen LogP contribution in [0.15, 0.2) is 42.5 Å². The van der Waals surface area contributed by atoms with Crippen molar-refractivity contribution in [2.24, 2.45) is 5.73 Å². The maximum Gasteiger partial charge on any atom is 0.119 e. The third-order valence-electron chi connectivity index (χ3n) is 2.88. The van der Waals surface area contributed by atoms with E-state index in [9.17, 15) is 0 Å². The summed E-state index contributed by atoms with van der Waals surface area (Å²) in [7, 11) is 1.65. The van der Waals surface area contributed by atoms with Crippen LogP contribution in [0.2, 0.25) is 5.02 Å². The molecule has 20 heavy (non-hydrogen) atoms. The summed E-state index contributed by atoms with van der Waals surface area (Å²) in [6, 6.07) is 13.4. The molecule has 2 aromatic rings. The summed E-state index contributed by atoms with van der Waals surface area (Å²) in [5.74, 6) is 0.824. The van der Waals surface area contributed by atoms with Crippen LogP contribution in [0.5, 0.6) is 5.75 Å². The van der Waals surface area contributed by atoms with E-state index >= 15 is 0 Å². The molecule has 104 valence electrons. The minimum atomic E-state index is 0.281. The van der Waals surface area contributed by atoms with Gasteiger partial charge in [-0.05, 0) is 29.8 Å². The molecule has 0 saturated heterocycles. The second-order valence-corrected chi connectivity index (χ2v) is 5.08. The van der Waals surface area contributed by atoms with E-state index in [0.717, 1.165) is 17.0 Å². The predicted octanol–water partition coefficient (Wildman–Crippen LogP) is 3.59. The van der Waals surface area contributed by atoms with Crippen molar-refractivity contribution in [2.45, 2.75) is 6.54 Å². The first-order valence-electron chi connectivity index (χ1n) is 6.07. The third-order valence-corrected chi connectivity index (χ3v) is 3.40. The number of methoxy groups -OCH3 is 1. The lowest BCUT2D eigenvalue weighted by molar-refractivity contribution is 0.414. The fourth-order valence-corrected chi connectivity index (χ4v) is 2.45. The van der Waals surface area contributed by atoms with E-state index in [-0.39, 0.29) is 4.99 Å². The van der Waals surface area contributed by atoms with Gasteiger partial charge in [0.25, 0.3) is 0 Å². The lowest BCUT2D eigenvalue weighted by atomic mass is 10.1. The topological polar surface area (TPSA) is 47.3 Å². The number of ether oxygens (including phenoxy) is 1. The SMILES string of the molecule is COc1cccc(CNc2cccc(Cl)c2C(N)=S)c1. The highest BCUT2D eigenvalue weighted by atomic mass is 35.5. The van der Waals surface area contributed by atoms with E-state index in [1.54, 1.807) is 13.2 Å². The van der Waals surface area contributed by atoms with Crippen LogP contribution in [0.1, 0.15) is 11.1 Å². The third kappa shape index (κ3) is 3.40. The molecule has 0 bridgehead atoms. The van der Waals surface area contributed by atoms with Gasteiger partial charge in [0.2, 0.25) is 0 Å². The van der Waals surface area contributed by atoms with Gasteiger partial charge < -0.3 is 15.8 Å². The molecule has 0 fully saturated rings. The van der Waals surface area contributed by atoms with Crippen LogP contribution < -0.4 is 15.8 Å². The number of thiocarbonyl (C=S) groups is 1. The lowest BCUT2D eigenvalue weighted by Crippen LogP contribution is -2.14. The van der Waals surface area contributed by atoms with E-state index < -0.39 is 0 Å². The molecule has 0 aliphatic heterocycles. The Morgan fingerprint density at radius 3 is 2.75 bits per heavy atom. The van der Waals surface area contributed by atoms with Crippen molar-refractivity contribution in [1.82, 2.24) is 0 Å². The first kappa shape index (κ1) is 14.6. The summed E-state index contributed by atoms with van der Waals surface area (Å²) < 4.78 is 5.20. The van der Waals surface area contributed by atoms with Gasteiger partial charge in [-0.15, -0.1) is 0 Å². The van der Waals surface area contributed by atoms with Crippen molar-refractivity contribution < 1.29 is 4.74 Å². The van der Waals surface area contributed by atoms with Crippen LogP contribution in [-0.2, 0) is 6.54 Å². The molecular formula is C15H15ClN2OS. The van der Waals surface area contributed by atoms with Crippen molar-refractivity contribution >= 4 is 34.5 Å². The summed E-state index contributed by atoms with van der Waals surface area (Å²) in [5, 5.41) is 3.84. The number of rotatable bonds is 5. The van der Waals surface area contributed by atoms with Gasteiger partial charge in [-0.3, -0.25) is 0 Å². The van der Waals surface area contributed by atoms with Gasteiger partial charge in [-0.2, -0.15) is 0 Å². The molecule has 0 atom stereocenters. The summed E-state index contributed by atoms with van der Waals surface area (Å²) in [4.78, 5) is 0.281. The predicted molar refractivity (Wildman–Crippen MR) is 87.7 cm³/mol. The van der Waals surface area contributed by atoms with Crippen molar-refractivity contribution in [3.63, 3.8) is 0 Å². The molecule has 0 radical (unpaired) electrons. The van der Waals surface area contributed by atoms with Crippen molar-refractivity contribution in [3.8, 4) is 5.75 Å². The number of anilines is 1. The lowest BCUT2D eigenvalue weighted by Gasteiger charge is -2.13. The molecule has 0 unspecified atom stereocenters. The van der Waals surface area contributed by atoms with E-state index in [1.165, 1.54) is 0 Å². The Bertz CT molecular complexity index is 631. The van der Waals surface area contributed by atoms with Crippen LogP contribution in [0.3, 0.4) is 0 Å². The highest BCUT2D eigenvalue weighted by Crippen LogP contribution is 2.25. The van der Waals surface area contributed by atoms with Crippen LogP contribution in [-0.4, -0.2) is 12.1 Å². The molecule has 0 spiro atoms. The quantitative estimate of drug-likeness (QED) is 0.829. The fourth-order valence-electron chi connectivity index (χ4n) is 1.90. The summed E-state index contributed by atoms with van der Waals surface area (Å²) >= 11 is 11.2. The zero-order valence-corrected chi connectivity index (χ0v) is 12.6. The molecule has 0 amide bonds. The Hall–Kier alpha value is -1.78. The first-order chi connectivity index (χ1) is 9.61. The molecule has 0 aliphatic carbocycles. The van der Waals surface area contributed by atoms with Crippen molar-refractivity contribution in [1.29, 1.82) is 0 Å². The highest BCUT2D eigenvalue weighted by molar-refractivity contribution is 7.80. The van der Waals surface area contributed by atoms with Gasteiger partial charge >= 0.3 is 0 Å². The maximum absolute atomic E-state index is 6.13. The number of nitrogens with one attached hydrogen (secondary N) is 1. The normalized spacial score (nSPS) is 10.1. The van der Waals surface area contributed by atoms with Gasteiger partial charge in [0, 0.05) is 12.2 Å². The van der Waals surface area contributed by atoms with E-state index in [1.807, 2.05) is 36.4 Å². The van der Waals surface area contributed by atoms with Gasteiger partial charge in [0.05, 0.1) is 17.7 Å². The largest absolute Gasteiger partial charge is 0.497 e. The van der Waals surface area contributed by atoms with E-state index in [4.69, 9.17) is 34.3 Å². The van der Waals surface area contributed by atoms with Gasteiger partial charge in [0.15, 0.2) is 0 Å². The van der Waals surface area contributed by atoms with Crippen molar-refractivity contribution in [2.75, 3.05) is 12.4 Å². The molecule has 0 saturated carbocycles. The molecule has 0 aliphatic rings. The fraction of sp³-hybridized carbons (Fsp3) is 0.133. The molecule has 2 rings (SSSR count). The number of nitrogens with two attached hydrogens (primary N) is 1. The average molecular weight is 307 g/mol. The number of hydrogen-bond donors (Lipinski definition) is 2. The Labute approximate surface area is 128 Å². The summed E-state index contributed by atoms with van der Waals surface area (Å²) in [6.07, 6.45) is 0. The summed E-state index contributed by atoms with van der Waals surface area (Å²) in [6.45, 7) is 0.632. The second kappa shape index (κ2) is 6.59. The van der Waals surface area contributed by atoms with Gasteiger partial charge in [-0.25, -0.2) is 0 Å². The zero-order valence-electron chi connectivity index (χ0n) is 11.0. The summed E-state index contributed by atoms with van der Waals surface area (Å²) in [5.41, 5.74) is 8.31. The Balaban J connectivity index is 2.18. The van der Waals surface area contributed by atoms with Crippen molar-refractivity contribution in [3.05, 3.63) is 58.6 Å². The second-order valence-electron chi connectivity index (χ2n) is 4.23. The zero-order chi connectivity index (χ0) is 14.5. The Kier molecular flexibility index (Phi) is 4.82. The molecular weight excluding hydrogens is 292 g/mol. The number of hydrogen-bond acceptors (Lipinski definition) is 3. The number of benzene rings is 2. The standard InChI is InChI=1S/C15H15ClN2OS/c1-19-11-5-2-4-10(8-11)9-18-13-7-3-6-12(16)14(13)15(17)20/h2-8,18H,9H2,1H3,(H2,17,20). The van der Waals surface area contributed by atoms with Crippen LogP contribution >= 0.6 is 23.8 Å². The van der Waals surface area contributed by atoms with Crippen LogP contribution in [0.25, 0.3) is 0 Å². The molecule has 0 aromatic heterocycles. The minimum Gasteiger partial charge on any atom is -0.497 e. The average Bonchev–Trinajstić information content (AvgIpc) is 2.45. The molecule has 3 N–H and O–H groups in total. The molecule has 0 heterocycles. The van der Waals surface area contributed by atoms with Crippen LogP contribution in [0.4, 0.5) is 5.69 Å². The van der Waals surface area contributed by atoms with Gasteiger partial charge in [0.1, 0.15) is 10.7 Å². The highest BCUT2D eigenvalue weighted by Gasteiger charge is 2.09. The Morgan fingerprint density at radius 1 is 1.30 bits per heavy atom. The first-order valence-corrected chi connectivity index (χ1v) is 6.85. The minimum absolute atomic E-state index is 0.281. The monoisotopic (exact) mass is 306 g/mol. The van der Waals surface area contributed by atoms with E-state index in [0.29, 0.717) is 17.1 Å².